The van der Waals surface area contributed by atoms with Crippen molar-refractivity contribution in [2.75, 3.05) is 7.11 Å². The summed E-state index contributed by atoms with van der Waals surface area (Å²) in [4.78, 5) is 10.2. The monoisotopic (exact) mass is 166 g/mol. The van der Waals surface area contributed by atoms with Crippen molar-refractivity contribution < 1.29 is 9.53 Å². The van der Waals surface area contributed by atoms with Crippen molar-refractivity contribution in [1.82, 2.24) is 0 Å². The molecule has 0 aromatic heterocycles. The van der Waals surface area contributed by atoms with Crippen LogP contribution >= 0.6 is 15.9 Å². The van der Waals surface area contributed by atoms with Crippen molar-refractivity contribution in [2.24, 2.45) is 0 Å². The lowest BCUT2D eigenvalue weighted by Crippen LogP contribution is -2.10. The number of halogens is 1. The molecule has 0 spiro atoms. The highest BCUT2D eigenvalue weighted by Crippen LogP contribution is 1.98. The van der Waals surface area contributed by atoms with Gasteiger partial charge in [0.1, 0.15) is 0 Å². The van der Waals surface area contributed by atoms with Crippen molar-refractivity contribution in [3.63, 3.8) is 0 Å². The van der Waals surface area contributed by atoms with Crippen LogP contribution in [0.15, 0.2) is 0 Å². The Morgan fingerprint density at radius 1 is 1.86 bits per heavy atom. The second-order valence-corrected chi connectivity index (χ2v) is 1.99. The Kier molecular flexibility index (Phi) is 3.21. The van der Waals surface area contributed by atoms with Gasteiger partial charge in [0, 0.05) is 7.11 Å². The number of methoxy groups -OCH3 is 1. The topological polar surface area (TPSA) is 26.3 Å². The standard InChI is InChI=1S/C4H7BrO2/c1-3(6)4(5)7-2/h4H,1-2H3/t4-/m1/s1. The largest absolute Gasteiger partial charge is 0.362 e. The van der Waals surface area contributed by atoms with Gasteiger partial charge in [-0.2, -0.15) is 0 Å². The van der Waals surface area contributed by atoms with Gasteiger partial charge < -0.3 is 4.74 Å². The average molecular weight is 167 g/mol. The van der Waals surface area contributed by atoms with Gasteiger partial charge in [0.2, 0.25) is 0 Å². The second kappa shape index (κ2) is 3.16. The Morgan fingerprint density at radius 2 is 2.29 bits per heavy atom. The van der Waals surface area contributed by atoms with Crippen LogP contribution in [0.25, 0.3) is 0 Å². The predicted octanol–water partition coefficient (Wildman–Crippen LogP) is 0.943. The molecule has 42 valence electrons. The molecule has 1 atom stereocenters. The molecule has 2 nitrogen and oxygen atoms in total. The summed E-state index contributed by atoms with van der Waals surface area (Å²) in [6, 6.07) is 0. The van der Waals surface area contributed by atoms with E-state index < -0.39 is 5.01 Å². The van der Waals surface area contributed by atoms with E-state index in [1.165, 1.54) is 14.0 Å². The van der Waals surface area contributed by atoms with E-state index in [9.17, 15) is 4.79 Å². The third-order valence-electron chi connectivity index (χ3n) is 0.527. The molecule has 0 aliphatic rings. The number of ketones is 1. The molecule has 0 fully saturated rings. The van der Waals surface area contributed by atoms with Crippen LogP contribution in [-0.2, 0) is 9.53 Å². The van der Waals surface area contributed by atoms with E-state index in [0.29, 0.717) is 0 Å². The normalized spacial score (nSPS) is 13.6. The lowest BCUT2D eigenvalue weighted by Gasteiger charge is -1.98. The van der Waals surface area contributed by atoms with Gasteiger partial charge in [-0.1, -0.05) is 0 Å². The molecule has 3 heteroatoms. The van der Waals surface area contributed by atoms with Crippen LogP contribution in [0.1, 0.15) is 6.92 Å². The fourth-order valence-corrected chi connectivity index (χ4v) is 0.166. The summed E-state index contributed by atoms with van der Waals surface area (Å²) in [5.41, 5.74) is 0. The van der Waals surface area contributed by atoms with Gasteiger partial charge in [0.25, 0.3) is 0 Å². The molecule has 0 aromatic carbocycles. The Bertz CT molecular complexity index is 72.1. The summed E-state index contributed by atoms with van der Waals surface area (Å²) >= 11 is 2.97. The number of ether oxygens (including phenoxy) is 1. The first-order chi connectivity index (χ1) is 3.18. The number of hydrogen-bond acceptors (Lipinski definition) is 2. The first kappa shape index (κ1) is 7.11. The minimum atomic E-state index is -0.424. The number of carbonyl (C=O) groups excluding carboxylic acids is 1. The Balaban J connectivity index is 3.34. The van der Waals surface area contributed by atoms with E-state index in [-0.39, 0.29) is 5.78 Å². The third kappa shape index (κ3) is 2.76. The van der Waals surface area contributed by atoms with Gasteiger partial charge in [-0.3, -0.25) is 4.79 Å². The fraction of sp³-hybridized carbons (Fsp3) is 0.750. The van der Waals surface area contributed by atoms with Crippen molar-refractivity contribution in [3.8, 4) is 0 Å². The molecule has 0 amide bonds. The quantitative estimate of drug-likeness (QED) is 0.572. The third-order valence-corrected chi connectivity index (χ3v) is 1.55. The van der Waals surface area contributed by atoms with Crippen LogP contribution < -0.4 is 0 Å². The van der Waals surface area contributed by atoms with Crippen LogP contribution in [-0.4, -0.2) is 17.9 Å². The minimum absolute atomic E-state index is 0.0116. The summed E-state index contributed by atoms with van der Waals surface area (Å²) in [6.07, 6.45) is 0. The van der Waals surface area contributed by atoms with Gasteiger partial charge in [0.05, 0.1) is 0 Å². The summed E-state index contributed by atoms with van der Waals surface area (Å²) in [6.45, 7) is 1.46. The molecule has 0 aliphatic carbocycles. The SMILES string of the molecule is CO[C@@H](Br)C(C)=O. The van der Waals surface area contributed by atoms with Gasteiger partial charge in [-0.05, 0) is 22.9 Å². The maximum atomic E-state index is 10.2. The van der Waals surface area contributed by atoms with Crippen LogP contribution in [0, 0.1) is 0 Å². The van der Waals surface area contributed by atoms with Gasteiger partial charge in [-0.15, -0.1) is 0 Å². The summed E-state index contributed by atoms with van der Waals surface area (Å²) in [5, 5.41) is -0.424. The number of rotatable bonds is 2. The Hall–Kier alpha value is 0.110. The molecule has 0 unspecified atom stereocenters. The van der Waals surface area contributed by atoms with E-state index in [1.54, 1.807) is 0 Å². The Morgan fingerprint density at radius 3 is 2.29 bits per heavy atom. The number of Topliss-reactive ketones (excluding diaryl/α,β-unsaturated/α-hetero) is 1. The summed E-state index contributed by atoms with van der Waals surface area (Å²) < 4.78 is 4.58. The first-order valence-corrected chi connectivity index (χ1v) is 2.77. The highest BCUT2D eigenvalue weighted by molar-refractivity contribution is 9.09. The minimum Gasteiger partial charge on any atom is -0.362 e. The molecule has 0 radical (unpaired) electrons. The molecule has 0 N–H and O–H groups in total. The zero-order valence-electron chi connectivity index (χ0n) is 4.27. The van der Waals surface area contributed by atoms with Crippen molar-refractivity contribution in [2.45, 2.75) is 11.9 Å². The van der Waals surface area contributed by atoms with Crippen LogP contribution in [0.5, 0.6) is 0 Å². The zero-order chi connectivity index (χ0) is 5.86. The maximum absolute atomic E-state index is 10.2. The molecular formula is C4H7BrO2. The number of alkyl halides is 1. The summed E-state index contributed by atoms with van der Waals surface area (Å²) in [7, 11) is 1.47. The van der Waals surface area contributed by atoms with Crippen molar-refractivity contribution in [3.05, 3.63) is 0 Å². The molecule has 0 heterocycles. The van der Waals surface area contributed by atoms with Crippen molar-refractivity contribution >= 4 is 21.7 Å². The van der Waals surface area contributed by atoms with E-state index in [1.807, 2.05) is 0 Å². The molecule has 0 saturated carbocycles. The smallest absolute Gasteiger partial charge is 0.169 e. The van der Waals surface area contributed by atoms with E-state index in [4.69, 9.17) is 0 Å². The lowest BCUT2D eigenvalue weighted by atomic mass is 10.5. The highest BCUT2D eigenvalue weighted by Gasteiger charge is 2.04. The van der Waals surface area contributed by atoms with Gasteiger partial charge in [0.15, 0.2) is 10.8 Å². The van der Waals surface area contributed by atoms with Crippen molar-refractivity contribution in [1.29, 1.82) is 0 Å². The van der Waals surface area contributed by atoms with E-state index in [2.05, 4.69) is 20.7 Å². The van der Waals surface area contributed by atoms with E-state index in [0.717, 1.165) is 0 Å². The van der Waals surface area contributed by atoms with Crippen LogP contribution in [0.4, 0.5) is 0 Å². The molecule has 0 bridgehead atoms. The lowest BCUT2D eigenvalue weighted by molar-refractivity contribution is -0.121. The maximum Gasteiger partial charge on any atom is 0.169 e. The zero-order valence-corrected chi connectivity index (χ0v) is 5.86. The summed E-state index contributed by atoms with van der Waals surface area (Å²) in [5.74, 6) is -0.0116. The Labute approximate surface area is 51.0 Å². The van der Waals surface area contributed by atoms with Gasteiger partial charge >= 0.3 is 0 Å². The first-order valence-electron chi connectivity index (χ1n) is 1.85. The van der Waals surface area contributed by atoms with Gasteiger partial charge in [-0.25, -0.2) is 0 Å². The molecule has 0 aliphatic heterocycles. The van der Waals surface area contributed by atoms with E-state index >= 15 is 0 Å². The number of carbonyl (C=O) groups is 1. The molecule has 7 heavy (non-hydrogen) atoms. The second-order valence-electron chi connectivity index (χ2n) is 1.16. The average Bonchev–Trinajstić information content (AvgIpc) is 1.65. The molecule has 0 saturated heterocycles. The predicted molar refractivity (Wildman–Crippen MR) is 30.4 cm³/mol. The van der Waals surface area contributed by atoms with Crippen LogP contribution in [0.3, 0.4) is 0 Å². The number of hydrogen-bond donors (Lipinski definition) is 0. The van der Waals surface area contributed by atoms with Crippen LogP contribution in [0.2, 0.25) is 0 Å². The molecule has 0 aromatic rings. The fourth-order valence-electron chi connectivity index (χ4n) is 0.166. The highest BCUT2D eigenvalue weighted by atomic mass is 79.9. The molecule has 0 rings (SSSR count). The molecular weight excluding hydrogens is 160 g/mol.